The first kappa shape index (κ1) is 94.9. The molecule has 0 spiro atoms. The molecular weight excluding hydrogens is 1710 g/mol. The number of hydrogen-bond acceptors (Lipinski definition) is 17. The molecule has 16 rings (SSSR count). The lowest BCUT2D eigenvalue weighted by Crippen LogP contribution is -2.46. The largest absolute Gasteiger partial charge is 0.497 e. The Balaban J connectivity index is 0.000000152. The molecule has 0 bridgehead atoms. The van der Waals surface area contributed by atoms with Gasteiger partial charge in [0.1, 0.15) is 12.4 Å². The van der Waals surface area contributed by atoms with E-state index in [1.54, 1.807) is 66.0 Å². The minimum absolute atomic E-state index is 0.130. The van der Waals surface area contributed by atoms with Crippen LogP contribution in [0.1, 0.15) is 128 Å². The van der Waals surface area contributed by atoms with Crippen molar-refractivity contribution in [1.82, 2.24) is 74.4 Å². The summed E-state index contributed by atoms with van der Waals surface area (Å²) in [4.78, 5) is 108. The lowest BCUT2D eigenvalue weighted by Gasteiger charge is -2.30. The van der Waals surface area contributed by atoms with Crippen molar-refractivity contribution in [1.29, 1.82) is 0 Å². The van der Waals surface area contributed by atoms with Crippen LogP contribution in [0.4, 0.5) is 14.4 Å². The standard InChI is InChI=1S/C20H19N3O4.C20H21N3O2S.C19H18N2O3.C14H14N2O2S.C12H12N2O3.C12H12N2O2S/c1-12-17(18(23-20(25)22-12)14-5-3-2-4-6-14)19(24)21-10-13-7-8-15-16(9-13)27-11-26-15;1-13-17(18(23-20(26)22-13)15-6-4-3-5-7-15)19(24)21-12-14-8-10-16(25-2)11-9-14;1-13-16(18(22)24-12-14-8-4-2-5-9-14)17(21-19(23)20-13)15-10-6-3-7-11-15;1-3-18-13(17)11-9(2)15-14(19)16-12(11)10-7-5-4-6-8-10;2*1-7-9(11(15)16)10(14-12(17)13-7)8-5-3-2-4-6-8/h2-9,18H,10-11H2,1H3,(H,21,24)(H2,22,23,25);3-11,18H,12H2,1-2H3,(H,21,24)(H2,22,23,26);2-11,17H,12H2,1H3,(H2,20,21,23);3-8,12H,1H2,2H3,(H2,15,16,19);2*2-6,10H,1H3,(H,15,16)(H2,13,14,17). The van der Waals surface area contributed by atoms with E-state index in [4.69, 9.17) is 60.3 Å². The molecule has 7 aliphatic heterocycles. The first-order valence-electron chi connectivity index (χ1n) is 40.7. The van der Waals surface area contributed by atoms with Crippen molar-refractivity contribution >= 4 is 106 Å². The number of esters is 2. The van der Waals surface area contributed by atoms with Crippen molar-refractivity contribution in [3.63, 3.8) is 0 Å². The van der Waals surface area contributed by atoms with Crippen LogP contribution in [-0.2, 0) is 57.9 Å². The summed E-state index contributed by atoms with van der Waals surface area (Å²) >= 11 is 15.4. The van der Waals surface area contributed by atoms with Gasteiger partial charge in [-0.3, -0.25) is 9.59 Å². The van der Waals surface area contributed by atoms with Crippen molar-refractivity contribution < 1.29 is 77.0 Å². The molecule has 33 heteroatoms. The van der Waals surface area contributed by atoms with Gasteiger partial charge in [0.15, 0.2) is 26.8 Å². The second kappa shape index (κ2) is 45.9. The fourth-order valence-electron chi connectivity index (χ4n) is 14.5. The number of carbonyl (C=O) groups is 9. The topological polar surface area (TPSA) is 409 Å². The normalized spacial score (nSPS) is 18.0. The molecule has 6 unspecified atom stereocenters. The summed E-state index contributed by atoms with van der Waals surface area (Å²) in [5.74, 6) is -1.08. The Morgan fingerprint density at radius 2 is 0.677 bits per heavy atom. The summed E-state index contributed by atoms with van der Waals surface area (Å²) in [7, 11) is 1.63. The highest BCUT2D eigenvalue weighted by Crippen LogP contribution is 2.36. The molecule has 0 fully saturated rings. The SMILES string of the molecule is C=COC(=O)C1=C(C)NC(=S)NC1c1ccccc1.CC1=C(C(=O)NCc2ccc3c(c2)OCO3)C(c2ccccc2)NC(=O)N1.CC1=C(C(=O)O)C(c2ccccc2)NC(=O)N1.CC1=C(C(=O)O)C(c2ccccc2)NC(=S)N1.CC1=C(C(=O)OCc2ccccc2)C(c2ccccc2)NC(=O)N1.COc1ccc(CNC(=O)C2=C(C)NC(=S)NC2c2ccccc2)cc1. The van der Waals surface area contributed by atoms with Crippen molar-refractivity contribution in [3.8, 4) is 17.2 Å². The van der Waals surface area contributed by atoms with Crippen LogP contribution in [0.25, 0.3) is 0 Å². The molecule has 30 nitrogen and oxygen atoms in total. The Kier molecular flexibility index (Phi) is 33.5. The van der Waals surface area contributed by atoms with E-state index in [1.807, 2.05) is 237 Å². The summed E-state index contributed by atoms with van der Waals surface area (Å²) in [6, 6.07) is 75.5. The van der Waals surface area contributed by atoms with Gasteiger partial charge in [-0.05, 0) is 153 Å². The molecule has 7 heterocycles. The number of allylic oxidation sites excluding steroid dienone is 6. The van der Waals surface area contributed by atoms with Gasteiger partial charge >= 0.3 is 42.0 Å². The molecule has 6 atom stereocenters. The van der Waals surface area contributed by atoms with E-state index in [9.17, 15) is 53.4 Å². The molecule has 9 aromatic rings. The number of rotatable bonds is 20. The molecule has 16 N–H and O–H groups in total. The van der Waals surface area contributed by atoms with Crippen LogP contribution >= 0.6 is 36.7 Å². The molecule has 0 radical (unpaired) electrons. The van der Waals surface area contributed by atoms with Crippen molar-refractivity contribution in [2.24, 2.45) is 0 Å². The summed E-state index contributed by atoms with van der Waals surface area (Å²) < 4.78 is 26.1. The number of thiocarbonyl (C=S) groups is 3. The molecule has 0 saturated carbocycles. The lowest BCUT2D eigenvalue weighted by molar-refractivity contribution is -0.141. The Bertz CT molecular complexity index is 5820. The molecule has 7 aliphatic rings. The summed E-state index contributed by atoms with van der Waals surface area (Å²) in [6.45, 7) is 15.0. The smallest absolute Gasteiger partial charge is 0.343 e. The van der Waals surface area contributed by atoms with E-state index >= 15 is 0 Å². The van der Waals surface area contributed by atoms with Gasteiger partial charge in [-0.25, -0.2) is 33.6 Å². The van der Waals surface area contributed by atoms with Gasteiger partial charge in [0.25, 0.3) is 11.8 Å². The maximum atomic E-state index is 12.9. The minimum Gasteiger partial charge on any atom is -0.497 e. The minimum atomic E-state index is -1.04. The Morgan fingerprint density at radius 3 is 1.07 bits per heavy atom. The zero-order chi connectivity index (χ0) is 92.9. The zero-order valence-electron chi connectivity index (χ0n) is 71.7. The van der Waals surface area contributed by atoms with Crippen LogP contribution < -0.4 is 88.6 Å². The molecule has 0 saturated heterocycles. The number of fused-ring (bicyclic) bond motifs is 1. The Labute approximate surface area is 766 Å². The highest BCUT2D eigenvalue weighted by Gasteiger charge is 2.37. The van der Waals surface area contributed by atoms with Gasteiger partial charge in [0.2, 0.25) is 6.79 Å². The number of nitrogens with one attached hydrogen (secondary N) is 14. The molecule has 668 valence electrons. The predicted molar refractivity (Wildman–Crippen MR) is 500 cm³/mol. The highest BCUT2D eigenvalue weighted by atomic mass is 32.1. The quantitative estimate of drug-likeness (QED) is 0.0191. The fourth-order valence-corrected chi connectivity index (χ4v) is 15.3. The van der Waals surface area contributed by atoms with Crippen LogP contribution in [0.5, 0.6) is 17.2 Å². The van der Waals surface area contributed by atoms with E-state index in [-0.39, 0.29) is 61.0 Å². The van der Waals surface area contributed by atoms with Crippen molar-refractivity contribution in [2.75, 3.05) is 13.9 Å². The summed E-state index contributed by atoms with van der Waals surface area (Å²) in [6.07, 6.45) is 1.12. The van der Waals surface area contributed by atoms with Gasteiger partial charge in [-0.2, -0.15) is 0 Å². The third-order valence-electron chi connectivity index (χ3n) is 20.7. The number of carboxylic acids is 2. The number of hydrogen-bond donors (Lipinski definition) is 16. The van der Waals surface area contributed by atoms with E-state index in [1.165, 1.54) is 0 Å². The number of urea groups is 3. The third-order valence-corrected chi connectivity index (χ3v) is 21.4. The number of aliphatic carboxylic acids is 2. The number of carbonyl (C=O) groups excluding carboxylic acids is 7. The van der Waals surface area contributed by atoms with Crippen LogP contribution in [0, 0.1) is 0 Å². The monoisotopic (exact) mass is 1810 g/mol. The number of carboxylic acid groups (broad SMARTS) is 2. The summed E-state index contributed by atoms with van der Waals surface area (Å²) in [5.41, 5.74) is 14.0. The van der Waals surface area contributed by atoms with Gasteiger partial charge in [-0.15, -0.1) is 0 Å². The molecule has 130 heavy (non-hydrogen) atoms. The van der Waals surface area contributed by atoms with Crippen molar-refractivity contribution in [2.45, 2.75) is 97.5 Å². The van der Waals surface area contributed by atoms with Crippen LogP contribution in [-0.4, -0.2) is 93.2 Å². The predicted octanol–water partition coefficient (Wildman–Crippen LogP) is 13.4. The lowest BCUT2D eigenvalue weighted by atomic mass is 9.95. The molecular formula is C97H96N14O16S3. The highest BCUT2D eigenvalue weighted by molar-refractivity contribution is 7.80. The van der Waals surface area contributed by atoms with E-state index in [0.717, 1.165) is 67.8 Å². The van der Waals surface area contributed by atoms with Gasteiger partial charge in [-0.1, -0.05) is 237 Å². The zero-order valence-corrected chi connectivity index (χ0v) is 74.1. The van der Waals surface area contributed by atoms with E-state index < -0.39 is 48.0 Å². The Morgan fingerprint density at radius 1 is 0.377 bits per heavy atom. The second-order valence-electron chi connectivity index (χ2n) is 29.5. The van der Waals surface area contributed by atoms with Gasteiger partial charge in [0.05, 0.1) is 83.1 Å². The number of benzene rings is 9. The van der Waals surface area contributed by atoms with Crippen LogP contribution in [0.2, 0.25) is 0 Å². The Hall–Kier alpha value is -15.7. The summed E-state index contributed by atoms with van der Waals surface area (Å²) in [5, 5.41) is 59.8. The molecule has 8 amide bonds. The number of amides is 8. The molecule has 0 aromatic heterocycles. The third kappa shape index (κ3) is 25.5. The maximum absolute atomic E-state index is 12.9. The van der Waals surface area contributed by atoms with Crippen molar-refractivity contribution in [3.05, 3.63) is 385 Å². The average Bonchev–Trinajstić information content (AvgIpc) is 0.927. The maximum Gasteiger partial charge on any atom is 0.343 e. The van der Waals surface area contributed by atoms with E-state index in [2.05, 4.69) is 81.0 Å². The fraction of sp³-hybridized carbons (Fsp3) is 0.175. The second-order valence-corrected chi connectivity index (χ2v) is 30.8. The number of ether oxygens (including phenoxy) is 5. The average molecular weight is 1810 g/mol. The van der Waals surface area contributed by atoms with Gasteiger partial charge < -0.3 is 108 Å². The van der Waals surface area contributed by atoms with Gasteiger partial charge in [0, 0.05) is 47.3 Å². The van der Waals surface area contributed by atoms with Crippen LogP contribution in [0.3, 0.4) is 0 Å². The van der Waals surface area contributed by atoms with E-state index in [0.29, 0.717) is 96.3 Å². The molecule has 9 aromatic carbocycles. The first-order valence-corrected chi connectivity index (χ1v) is 42.0. The molecule has 0 aliphatic carbocycles. The number of methoxy groups -OCH3 is 1. The first-order chi connectivity index (χ1) is 62.7. The van der Waals surface area contributed by atoms with Crippen LogP contribution in [0.15, 0.2) is 335 Å².